The Hall–Kier alpha value is -2.21. The minimum atomic E-state index is -0.712. The van der Waals surface area contributed by atoms with Gasteiger partial charge in [-0.1, -0.05) is 30.3 Å². The molecule has 2 heterocycles. The number of hydrogen-bond donors (Lipinski definition) is 1. The fourth-order valence-electron chi connectivity index (χ4n) is 2.44. The van der Waals surface area contributed by atoms with Crippen molar-refractivity contribution in [2.24, 2.45) is 0 Å². The molecule has 3 rings (SSSR count). The summed E-state index contributed by atoms with van der Waals surface area (Å²) in [5.74, 6) is -0.142. The van der Waals surface area contributed by atoms with Gasteiger partial charge in [-0.15, -0.1) is 5.10 Å². The Labute approximate surface area is 116 Å². The first kappa shape index (κ1) is 12.8. The van der Waals surface area contributed by atoms with Gasteiger partial charge in [0, 0.05) is 6.42 Å². The molecule has 0 spiro atoms. The minimum absolute atomic E-state index is 0.00142. The van der Waals surface area contributed by atoms with Gasteiger partial charge in [0.25, 0.3) is 5.82 Å². The zero-order valence-corrected chi connectivity index (χ0v) is 11.1. The predicted octanol–water partition coefficient (Wildman–Crippen LogP) is 1.48. The molecule has 0 saturated heterocycles. The summed E-state index contributed by atoms with van der Waals surface area (Å²) in [4.78, 5) is 15.8. The topological polar surface area (TPSA) is 77.2 Å². The van der Waals surface area contributed by atoms with Crippen molar-refractivity contribution in [2.75, 3.05) is 6.61 Å². The summed E-state index contributed by atoms with van der Waals surface area (Å²) < 4.78 is 6.50. The molecule has 20 heavy (non-hydrogen) atoms. The lowest BCUT2D eigenvalue weighted by molar-refractivity contribution is 0.0510. The smallest absolute Gasteiger partial charge is 0.378 e. The predicted molar refractivity (Wildman–Crippen MR) is 70.1 cm³/mol. The number of aromatic nitrogens is 3. The number of aliphatic hydroxyl groups is 1. The van der Waals surface area contributed by atoms with Crippen molar-refractivity contribution in [1.82, 2.24) is 14.8 Å². The summed E-state index contributed by atoms with van der Waals surface area (Å²) in [7, 11) is 0. The van der Waals surface area contributed by atoms with Crippen LogP contribution in [0, 0.1) is 0 Å². The van der Waals surface area contributed by atoms with Crippen molar-refractivity contribution in [3.63, 3.8) is 0 Å². The molecule has 0 saturated carbocycles. The van der Waals surface area contributed by atoms with Crippen LogP contribution in [-0.4, -0.2) is 32.4 Å². The normalized spacial score (nSPS) is 20.7. The third-order valence-corrected chi connectivity index (χ3v) is 3.34. The molecule has 1 N–H and O–H groups in total. The number of fused-ring (bicyclic) bond motifs is 1. The van der Waals surface area contributed by atoms with Crippen molar-refractivity contribution < 1.29 is 14.6 Å². The van der Waals surface area contributed by atoms with E-state index in [1.165, 1.54) is 0 Å². The molecule has 2 aromatic rings. The summed E-state index contributed by atoms with van der Waals surface area (Å²) >= 11 is 0. The number of benzene rings is 1. The highest BCUT2D eigenvalue weighted by Gasteiger charge is 2.35. The third-order valence-electron chi connectivity index (χ3n) is 3.34. The van der Waals surface area contributed by atoms with E-state index in [1.807, 2.05) is 30.3 Å². The number of nitrogens with zero attached hydrogens (tertiary/aromatic N) is 3. The van der Waals surface area contributed by atoms with Crippen LogP contribution in [0.2, 0.25) is 0 Å². The van der Waals surface area contributed by atoms with Crippen LogP contribution in [0.1, 0.15) is 47.5 Å². The van der Waals surface area contributed by atoms with Crippen LogP contribution in [0.15, 0.2) is 30.3 Å². The van der Waals surface area contributed by atoms with E-state index in [1.54, 1.807) is 11.6 Å². The Bertz CT molecular complexity index is 624. The Morgan fingerprint density at radius 2 is 2.20 bits per heavy atom. The number of rotatable bonds is 3. The van der Waals surface area contributed by atoms with Crippen LogP contribution in [0.25, 0.3) is 0 Å². The van der Waals surface area contributed by atoms with Crippen molar-refractivity contribution in [3.8, 4) is 0 Å². The molecule has 0 bridgehead atoms. The highest BCUT2D eigenvalue weighted by atomic mass is 16.5. The van der Waals surface area contributed by atoms with Gasteiger partial charge in [0.2, 0.25) is 0 Å². The lowest BCUT2D eigenvalue weighted by Crippen LogP contribution is -2.11. The van der Waals surface area contributed by atoms with E-state index in [0.29, 0.717) is 12.2 Å². The number of ether oxygens (including phenoxy) is 1. The summed E-state index contributed by atoms with van der Waals surface area (Å²) in [5.41, 5.74) is 1.03. The molecular formula is C14H15N3O3. The summed E-state index contributed by atoms with van der Waals surface area (Å²) in [6, 6.07) is 9.64. The molecule has 0 radical (unpaired) electrons. The summed E-state index contributed by atoms with van der Waals surface area (Å²) in [6.07, 6.45) is -0.196. The zero-order valence-electron chi connectivity index (χ0n) is 11.1. The average molecular weight is 273 g/mol. The molecule has 1 aliphatic heterocycles. The molecule has 0 fully saturated rings. The maximum Gasteiger partial charge on any atom is 0.378 e. The van der Waals surface area contributed by atoms with Crippen LogP contribution in [0.3, 0.4) is 0 Å². The van der Waals surface area contributed by atoms with Gasteiger partial charge >= 0.3 is 5.97 Å². The van der Waals surface area contributed by atoms with Gasteiger partial charge in [-0.05, 0) is 12.5 Å². The molecule has 6 heteroatoms. The highest BCUT2D eigenvalue weighted by Crippen LogP contribution is 2.36. The van der Waals surface area contributed by atoms with Crippen LogP contribution < -0.4 is 0 Å². The van der Waals surface area contributed by atoms with Crippen molar-refractivity contribution >= 4 is 5.97 Å². The van der Waals surface area contributed by atoms with E-state index < -0.39 is 12.1 Å². The molecule has 2 unspecified atom stereocenters. The highest BCUT2D eigenvalue weighted by molar-refractivity contribution is 5.85. The maximum absolute atomic E-state index is 11.7. The first-order chi connectivity index (χ1) is 9.70. The number of aliphatic hydroxyl groups excluding tert-OH is 1. The largest absolute Gasteiger partial charge is 0.460 e. The zero-order chi connectivity index (χ0) is 14.1. The van der Waals surface area contributed by atoms with E-state index in [4.69, 9.17) is 4.74 Å². The Balaban J connectivity index is 1.96. The second kappa shape index (κ2) is 5.05. The second-order valence-electron chi connectivity index (χ2n) is 4.64. The van der Waals surface area contributed by atoms with E-state index in [0.717, 1.165) is 5.56 Å². The number of carbonyl (C=O) groups excluding carboxylic acids is 1. The molecule has 0 amide bonds. The molecule has 1 aliphatic rings. The monoisotopic (exact) mass is 273 g/mol. The lowest BCUT2D eigenvalue weighted by Gasteiger charge is -2.11. The van der Waals surface area contributed by atoms with Crippen LogP contribution in [0.5, 0.6) is 0 Å². The van der Waals surface area contributed by atoms with E-state index >= 15 is 0 Å². The summed E-state index contributed by atoms with van der Waals surface area (Å²) in [5, 5.41) is 14.3. The SMILES string of the molecule is CCOC(=O)c1nc2n(n1)C(c1ccccc1)CC2O. The fourth-order valence-corrected chi connectivity index (χ4v) is 2.44. The minimum Gasteiger partial charge on any atom is -0.460 e. The Morgan fingerprint density at radius 3 is 2.90 bits per heavy atom. The summed E-state index contributed by atoms with van der Waals surface area (Å²) in [6.45, 7) is 2.00. The molecule has 104 valence electrons. The third kappa shape index (κ3) is 2.08. The van der Waals surface area contributed by atoms with E-state index in [9.17, 15) is 9.90 Å². The second-order valence-corrected chi connectivity index (χ2v) is 4.64. The van der Waals surface area contributed by atoms with E-state index in [2.05, 4.69) is 10.1 Å². The average Bonchev–Trinajstić information content (AvgIpc) is 3.01. The van der Waals surface area contributed by atoms with Crippen LogP contribution in [-0.2, 0) is 4.74 Å². The van der Waals surface area contributed by atoms with E-state index in [-0.39, 0.29) is 18.5 Å². The van der Waals surface area contributed by atoms with Gasteiger partial charge in [-0.3, -0.25) is 0 Å². The quantitative estimate of drug-likeness (QED) is 0.857. The maximum atomic E-state index is 11.7. The first-order valence-corrected chi connectivity index (χ1v) is 6.57. The fraction of sp³-hybridized carbons (Fsp3) is 0.357. The Kier molecular flexibility index (Phi) is 3.23. The first-order valence-electron chi connectivity index (χ1n) is 6.57. The van der Waals surface area contributed by atoms with Crippen molar-refractivity contribution in [2.45, 2.75) is 25.5 Å². The molecule has 0 aliphatic carbocycles. The van der Waals surface area contributed by atoms with Crippen LogP contribution >= 0.6 is 0 Å². The lowest BCUT2D eigenvalue weighted by atomic mass is 10.0. The van der Waals surface area contributed by atoms with Gasteiger partial charge in [0.15, 0.2) is 5.82 Å². The van der Waals surface area contributed by atoms with Gasteiger partial charge in [-0.2, -0.15) is 0 Å². The van der Waals surface area contributed by atoms with Gasteiger partial charge < -0.3 is 9.84 Å². The number of hydrogen-bond acceptors (Lipinski definition) is 5. The molecular weight excluding hydrogens is 258 g/mol. The number of carbonyl (C=O) groups is 1. The standard InChI is InChI=1S/C14H15N3O3/c1-2-20-14(19)12-15-13-11(18)8-10(17(13)16-12)9-6-4-3-5-7-9/h3-7,10-11,18H,2,8H2,1H3. The van der Waals surface area contributed by atoms with Crippen molar-refractivity contribution in [1.29, 1.82) is 0 Å². The Morgan fingerprint density at radius 1 is 1.45 bits per heavy atom. The molecule has 6 nitrogen and oxygen atoms in total. The molecule has 1 aromatic carbocycles. The molecule has 1 aromatic heterocycles. The van der Waals surface area contributed by atoms with Crippen LogP contribution in [0.4, 0.5) is 0 Å². The van der Waals surface area contributed by atoms with Crippen molar-refractivity contribution in [3.05, 3.63) is 47.5 Å². The molecule has 2 atom stereocenters. The number of esters is 1. The van der Waals surface area contributed by atoms with Gasteiger partial charge in [-0.25, -0.2) is 14.5 Å². The van der Waals surface area contributed by atoms with Gasteiger partial charge in [0.1, 0.15) is 6.10 Å². The van der Waals surface area contributed by atoms with Gasteiger partial charge in [0.05, 0.1) is 12.6 Å².